The van der Waals surface area contributed by atoms with Crippen LogP contribution in [0.4, 0.5) is 5.69 Å². The van der Waals surface area contributed by atoms with Gasteiger partial charge < -0.3 is 0 Å². The van der Waals surface area contributed by atoms with Crippen molar-refractivity contribution in [3.63, 3.8) is 0 Å². The smallest absolute Gasteiger partial charge is 0.258 e. The maximum absolute atomic E-state index is 11.3. The summed E-state index contributed by atoms with van der Waals surface area (Å²) in [6.07, 6.45) is 0. The number of benzene rings is 1. The molecule has 7 heteroatoms. The molecule has 1 aromatic heterocycles. The first-order valence-corrected chi connectivity index (χ1v) is 7.09. The van der Waals surface area contributed by atoms with Crippen LogP contribution in [0.1, 0.15) is 26.5 Å². The van der Waals surface area contributed by atoms with Crippen LogP contribution in [0.3, 0.4) is 0 Å². The quantitative estimate of drug-likeness (QED) is 0.587. The predicted molar refractivity (Wildman–Crippen MR) is 81.6 cm³/mol. The number of para-hydroxylation sites is 1. The van der Waals surface area contributed by atoms with Gasteiger partial charge in [-0.25, -0.2) is 4.68 Å². The minimum Gasteiger partial charge on any atom is -0.258 e. The van der Waals surface area contributed by atoms with Crippen molar-refractivity contribution in [2.45, 2.75) is 26.2 Å². The average molecular weight is 359 g/mol. The standard InChI is InChI=1S/C13H13BrClN3O2/c1-13(2,3)11-10(18(19)20)12(15)17(16-11)9-7-5-4-6-8(9)14/h4-7H,1-3H3. The molecule has 0 saturated heterocycles. The highest BCUT2D eigenvalue weighted by Crippen LogP contribution is 2.38. The number of rotatable bonds is 2. The number of nitro groups is 1. The molecule has 0 spiro atoms. The zero-order chi connectivity index (χ0) is 15.1. The minimum atomic E-state index is -0.483. The maximum atomic E-state index is 11.3. The molecule has 2 aromatic rings. The van der Waals surface area contributed by atoms with Crippen LogP contribution in [-0.4, -0.2) is 14.7 Å². The van der Waals surface area contributed by atoms with E-state index in [4.69, 9.17) is 11.6 Å². The van der Waals surface area contributed by atoms with Crippen molar-refractivity contribution in [3.05, 3.63) is 49.7 Å². The summed E-state index contributed by atoms with van der Waals surface area (Å²) in [6.45, 7) is 5.59. The van der Waals surface area contributed by atoms with Crippen LogP contribution in [0.25, 0.3) is 5.69 Å². The zero-order valence-corrected chi connectivity index (χ0v) is 13.6. The summed E-state index contributed by atoms with van der Waals surface area (Å²) in [4.78, 5) is 10.8. The van der Waals surface area contributed by atoms with E-state index in [9.17, 15) is 10.1 Å². The van der Waals surface area contributed by atoms with Crippen LogP contribution in [0.5, 0.6) is 0 Å². The van der Waals surface area contributed by atoms with Crippen molar-refractivity contribution in [2.24, 2.45) is 0 Å². The van der Waals surface area contributed by atoms with E-state index in [1.54, 1.807) is 6.07 Å². The molecule has 2 rings (SSSR count). The van der Waals surface area contributed by atoms with Crippen LogP contribution in [0.2, 0.25) is 5.15 Å². The Hall–Kier alpha value is -1.40. The molecule has 0 aliphatic carbocycles. The molecule has 0 saturated carbocycles. The Kier molecular flexibility index (Phi) is 3.88. The molecule has 0 amide bonds. The summed E-state index contributed by atoms with van der Waals surface area (Å²) in [6, 6.07) is 7.29. The molecule has 5 nitrogen and oxygen atoms in total. The Balaban J connectivity index is 2.75. The van der Waals surface area contributed by atoms with Gasteiger partial charge in [-0.15, -0.1) is 0 Å². The van der Waals surface area contributed by atoms with Gasteiger partial charge in [0.1, 0.15) is 5.69 Å². The molecule has 0 aliphatic rings. The van der Waals surface area contributed by atoms with Gasteiger partial charge in [0.2, 0.25) is 5.15 Å². The summed E-state index contributed by atoms with van der Waals surface area (Å²) < 4.78 is 2.16. The van der Waals surface area contributed by atoms with Gasteiger partial charge in [0.25, 0.3) is 0 Å². The molecular weight excluding hydrogens is 346 g/mol. The first-order chi connectivity index (χ1) is 9.23. The Bertz CT molecular complexity index is 677. The molecule has 1 aromatic carbocycles. The lowest BCUT2D eigenvalue weighted by molar-refractivity contribution is -0.385. The largest absolute Gasteiger partial charge is 0.330 e. The van der Waals surface area contributed by atoms with E-state index >= 15 is 0 Å². The molecule has 0 N–H and O–H groups in total. The monoisotopic (exact) mass is 357 g/mol. The molecule has 0 bridgehead atoms. The van der Waals surface area contributed by atoms with Crippen LogP contribution >= 0.6 is 27.5 Å². The summed E-state index contributed by atoms with van der Waals surface area (Å²) in [5.74, 6) is 0. The zero-order valence-electron chi connectivity index (χ0n) is 11.2. The molecule has 0 atom stereocenters. The van der Waals surface area contributed by atoms with E-state index in [-0.39, 0.29) is 10.8 Å². The van der Waals surface area contributed by atoms with Gasteiger partial charge in [0.15, 0.2) is 0 Å². The van der Waals surface area contributed by atoms with E-state index in [0.29, 0.717) is 11.4 Å². The van der Waals surface area contributed by atoms with Crippen LogP contribution in [0.15, 0.2) is 28.7 Å². The van der Waals surface area contributed by atoms with Crippen molar-refractivity contribution in [1.82, 2.24) is 9.78 Å². The minimum absolute atomic E-state index is 0.00632. The number of aromatic nitrogens is 2. The van der Waals surface area contributed by atoms with E-state index in [1.807, 2.05) is 39.0 Å². The Labute approximate surface area is 129 Å². The van der Waals surface area contributed by atoms with Crippen molar-refractivity contribution in [1.29, 1.82) is 0 Å². The molecule has 20 heavy (non-hydrogen) atoms. The van der Waals surface area contributed by atoms with Gasteiger partial charge in [-0.2, -0.15) is 5.10 Å². The van der Waals surface area contributed by atoms with Crippen molar-refractivity contribution in [2.75, 3.05) is 0 Å². The highest BCUT2D eigenvalue weighted by atomic mass is 79.9. The topological polar surface area (TPSA) is 61.0 Å². The molecular formula is C13H13BrClN3O2. The second-order valence-corrected chi connectivity index (χ2v) is 6.57. The molecule has 0 aliphatic heterocycles. The van der Waals surface area contributed by atoms with Crippen LogP contribution in [-0.2, 0) is 5.41 Å². The SMILES string of the molecule is CC(C)(C)c1nn(-c2ccccc2Br)c(Cl)c1[N+](=O)[O-]. The third-order valence-electron chi connectivity index (χ3n) is 2.78. The third-order valence-corrected chi connectivity index (χ3v) is 3.79. The van der Waals surface area contributed by atoms with Gasteiger partial charge >= 0.3 is 5.69 Å². The molecule has 106 valence electrons. The second-order valence-electron chi connectivity index (χ2n) is 5.36. The highest BCUT2D eigenvalue weighted by Gasteiger charge is 2.34. The number of nitrogens with zero attached hydrogens (tertiary/aromatic N) is 3. The first-order valence-electron chi connectivity index (χ1n) is 5.91. The average Bonchev–Trinajstić information content (AvgIpc) is 2.67. The van der Waals surface area contributed by atoms with Crippen molar-refractivity contribution >= 4 is 33.2 Å². The van der Waals surface area contributed by atoms with Gasteiger partial charge in [-0.3, -0.25) is 10.1 Å². The lowest BCUT2D eigenvalue weighted by Gasteiger charge is -2.13. The first kappa shape index (κ1) is 15.0. The molecule has 1 heterocycles. The van der Waals surface area contributed by atoms with E-state index < -0.39 is 10.3 Å². The summed E-state index contributed by atoms with van der Waals surface area (Å²) in [5, 5.41) is 15.6. The number of hydrogen-bond donors (Lipinski definition) is 0. The molecule has 0 unspecified atom stereocenters. The number of hydrogen-bond acceptors (Lipinski definition) is 3. The maximum Gasteiger partial charge on any atom is 0.330 e. The number of halogens is 2. The lowest BCUT2D eigenvalue weighted by atomic mass is 9.91. The Morgan fingerprint density at radius 1 is 1.35 bits per heavy atom. The predicted octanol–water partition coefficient (Wildman–Crippen LogP) is 4.49. The fraction of sp³-hybridized carbons (Fsp3) is 0.308. The highest BCUT2D eigenvalue weighted by molar-refractivity contribution is 9.10. The fourth-order valence-corrected chi connectivity index (χ4v) is 2.58. The fourth-order valence-electron chi connectivity index (χ4n) is 1.84. The van der Waals surface area contributed by atoms with Crippen molar-refractivity contribution in [3.8, 4) is 5.69 Å². The van der Waals surface area contributed by atoms with E-state index in [0.717, 1.165) is 4.47 Å². The summed E-state index contributed by atoms with van der Waals surface area (Å²) in [5.41, 5.74) is 0.410. The Morgan fingerprint density at radius 3 is 2.40 bits per heavy atom. The Morgan fingerprint density at radius 2 is 1.95 bits per heavy atom. The normalized spacial score (nSPS) is 11.7. The third kappa shape index (κ3) is 2.58. The summed E-state index contributed by atoms with van der Waals surface area (Å²) >= 11 is 9.57. The van der Waals surface area contributed by atoms with Crippen LogP contribution < -0.4 is 0 Å². The van der Waals surface area contributed by atoms with Gasteiger partial charge in [0.05, 0.1) is 10.6 Å². The van der Waals surface area contributed by atoms with Gasteiger partial charge in [-0.05, 0) is 28.1 Å². The van der Waals surface area contributed by atoms with E-state index in [2.05, 4.69) is 21.0 Å². The molecule has 0 fully saturated rings. The van der Waals surface area contributed by atoms with E-state index in [1.165, 1.54) is 4.68 Å². The van der Waals surface area contributed by atoms with Crippen LogP contribution in [0, 0.1) is 10.1 Å². The molecule has 0 radical (unpaired) electrons. The van der Waals surface area contributed by atoms with Gasteiger partial charge in [-0.1, -0.05) is 44.5 Å². The second kappa shape index (κ2) is 5.18. The van der Waals surface area contributed by atoms with Crippen molar-refractivity contribution < 1.29 is 4.92 Å². The summed E-state index contributed by atoms with van der Waals surface area (Å²) in [7, 11) is 0. The lowest BCUT2D eigenvalue weighted by Crippen LogP contribution is -2.14. The van der Waals surface area contributed by atoms with Gasteiger partial charge in [0, 0.05) is 9.89 Å².